The van der Waals surface area contributed by atoms with E-state index in [0.29, 0.717) is 24.4 Å². The molecule has 3 rings (SSSR count). The summed E-state index contributed by atoms with van der Waals surface area (Å²) in [6, 6.07) is 2.35. The summed E-state index contributed by atoms with van der Waals surface area (Å²) in [5, 5.41) is 4.25. The van der Waals surface area contributed by atoms with Crippen molar-refractivity contribution in [2.75, 3.05) is 33.2 Å². The maximum absolute atomic E-state index is 12.8. The highest BCUT2D eigenvalue weighted by molar-refractivity contribution is 5.79. The summed E-state index contributed by atoms with van der Waals surface area (Å²) in [5.74, 6) is 0.893. The SMILES string of the molecule is CN(C(=O)[C@@H]1CCC[C@@H]1CN)C1CCN(CCn2cccn2)CC1. The van der Waals surface area contributed by atoms with E-state index in [0.717, 1.165) is 58.3 Å². The molecule has 2 fully saturated rings. The number of carbonyl (C=O) groups excluding carboxylic acids is 1. The second-order valence-corrected chi connectivity index (χ2v) is 7.32. The highest BCUT2D eigenvalue weighted by atomic mass is 16.2. The highest BCUT2D eigenvalue weighted by Crippen LogP contribution is 2.33. The Morgan fingerprint density at radius 1 is 1.25 bits per heavy atom. The van der Waals surface area contributed by atoms with Crippen molar-refractivity contribution >= 4 is 5.91 Å². The maximum atomic E-state index is 12.8. The third-order valence-corrected chi connectivity index (χ3v) is 5.94. The number of rotatable bonds is 6. The van der Waals surface area contributed by atoms with Gasteiger partial charge in [0, 0.05) is 51.0 Å². The molecule has 1 saturated carbocycles. The molecule has 1 aromatic rings. The number of nitrogens with two attached hydrogens (primary N) is 1. The van der Waals surface area contributed by atoms with Gasteiger partial charge in [0.2, 0.25) is 5.91 Å². The first-order chi connectivity index (χ1) is 11.7. The topological polar surface area (TPSA) is 67.4 Å². The second-order valence-electron chi connectivity index (χ2n) is 7.32. The molecule has 0 bridgehead atoms. The minimum atomic E-state index is 0.165. The molecule has 0 radical (unpaired) electrons. The van der Waals surface area contributed by atoms with Gasteiger partial charge in [-0.15, -0.1) is 0 Å². The second kappa shape index (κ2) is 8.12. The van der Waals surface area contributed by atoms with Gasteiger partial charge in [-0.05, 0) is 44.2 Å². The van der Waals surface area contributed by atoms with Crippen LogP contribution >= 0.6 is 0 Å². The fourth-order valence-corrected chi connectivity index (χ4v) is 4.29. The molecule has 24 heavy (non-hydrogen) atoms. The lowest BCUT2D eigenvalue weighted by molar-refractivity contribution is -0.138. The van der Waals surface area contributed by atoms with E-state index in [1.165, 1.54) is 0 Å². The minimum absolute atomic E-state index is 0.165. The molecule has 2 atom stereocenters. The van der Waals surface area contributed by atoms with E-state index in [1.807, 2.05) is 35.1 Å². The van der Waals surface area contributed by atoms with E-state index >= 15 is 0 Å². The van der Waals surface area contributed by atoms with Crippen molar-refractivity contribution in [3.05, 3.63) is 18.5 Å². The number of piperidine rings is 1. The van der Waals surface area contributed by atoms with Crippen molar-refractivity contribution in [1.82, 2.24) is 19.6 Å². The molecule has 6 nitrogen and oxygen atoms in total. The van der Waals surface area contributed by atoms with Gasteiger partial charge in [-0.3, -0.25) is 9.48 Å². The van der Waals surface area contributed by atoms with Gasteiger partial charge in [0.1, 0.15) is 0 Å². The van der Waals surface area contributed by atoms with Crippen LogP contribution in [0.5, 0.6) is 0 Å². The van der Waals surface area contributed by atoms with Crippen LogP contribution in [0.2, 0.25) is 0 Å². The van der Waals surface area contributed by atoms with Crippen molar-refractivity contribution in [1.29, 1.82) is 0 Å². The van der Waals surface area contributed by atoms with Gasteiger partial charge >= 0.3 is 0 Å². The molecule has 0 aromatic carbocycles. The fourth-order valence-electron chi connectivity index (χ4n) is 4.29. The van der Waals surface area contributed by atoms with Crippen LogP contribution in [0.25, 0.3) is 0 Å². The van der Waals surface area contributed by atoms with Gasteiger partial charge < -0.3 is 15.5 Å². The van der Waals surface area contributed by atoms with Crippen LogP contribution < -0.4 is 5.73 Å². The Kier molecular flexibility index (Phi) is 5.89. The molecule has 2 aliphatic rings. The summed E-state index contributed by atoms with van der Waals surface area (Å²) < 4.78 is 1.98. The summed E-state index contributed by atoms with van der Waals surface area (Å²) in [6.07, 6.45) is 9.26. The molecule has 1 amide bonds. The predicted octanol–water partition coefficient (Wildman–Crippen LogP) is 1.18. The number of nitrogens with zero attached hydrogens (tertiary/aromatic N) is 4. The Morgan fingerprint density at radius 2 is 2.04 bits per heavy atom. The lowest BCUT2D eigenvalue weighted by Gasteiger charge is -2.38. The monoisotopic (exact) mass is 333 g/mol. The Bertz CT molecular complexity index is 509. The molecule has 1 aliphatic heterocycles. The molecule has 1 aliphatic carbocycles. The Hall–Kier alpha value is -1.40. The van der Waals surface area contributed by atoms with Crippen LogP contribution in [0.3, 0.4) is 0 Å². The van der Waals surface area contributed by atoms with Crippen molar-refractivity contribution < 1.29 is 4.79 Å². The van der Waals surface area contributed by atoms with E-state index in [2.05, 4.69) is 10.00 Å². The molecule has 0 spiro atoms. The standard InChI is InChI=1S/C18H31N5O/c1-21(18(24)17-5-2-4-15(17)14-19)16-6-10-22(11-7-16)12-13-23-9-3-8-20-23/h3,8-9,15-17H,2,4-7,10-14,19H2,1H3/t15-,17-/m1/s1. The van der Waals surface area contributed by atoms with Crippen molar-refractivity contribution in [2.24, 2.45) is 17.6 Å². The lowest BCUT2D eigenvalue weighted by atomic mass is 9.93. The summed E-state index contributed by atoms with van der Waals surface area (Å²) >= 11 is 0. The predicted molar refractivity (Wildman–Crippen MR) is 94.3 cm³/mol. The summed E-state index contributed by atoms with van der Waals surface area (Å²) in [5.41, 5.74) is 5.85. The lowest BCUT2D eigenvalue weighted by Crippen LogP contribution is -2.48. The fraction of sp³-hybridized carbons (Fsp3) is 0.778. The van der Waals surface area contributed by atoms with Gasteiger partial charge in [-0.2, -0.15) is 5.10 Å². The van der Waals surface area contributed by atoms with Gasteiger partial charge in [0.05, 0.1) is 6.54 Å². The number of aromatic nitrogens is 2. The zero-order valence-corrected chi connectivity index (χ0v) is 14.8. The first-order valence-electron chi connectivity index (χ1n) is 9.35. The van der Waals surface area contributed by atoms with Crippen LogP contribution in [0.1, 0.15) is 32.1 Å². The molecule has 2 heterocycles. The number of carbonyl (C=O) groups is 1. The third-order valence-electron chi connectivity index (χ3n) is 5.94. The Balaban J connectivity index is 1.44. The first kappa shape index (κ1) is 17.4. The van der Waals surface area contributed by atoms with Crippen molar-refractivity contribution in [3.8, 4) is 0 Å². The largest absolute Gasteiger partial charge is 0.342 e. The third kappa shape index (κ3) is 3.98. The Morgan fingerprint density at radius 3 is 2.71 bits per heavy atom. The first-order valence-corrected chi connectivity index (χ1v) is 9.35. The van der Waals surface area contributed by atoms with E-state index in [9.17, 15) is 4.79 Å². The van der Waals surface area contributed by atoms with Crippen LogP contribution in [-0.4, -0.2) is 64.8 Å². The summed E-state index contributed by atoms with van der Waals surface area (Å²) in [7, 11) is 2.00. The van der Waals surface area contributed by atoms with Crippen LogP contribution in [0.15, 0.2) is 18.5 Å². The minimum Gasteiger partial charge on any atom is -0.342 e. The molecule has 6 heteroatoms. The smallest absolute Gasteiger partial charge is 0.226 e. The molecule has 134 valence electrons. The van der Waals surface area contributed by atoms with Crippen LogP contribution in [0.4, 0.5) is 0 Å². The van der Waals surface area contributed by atoms with Crippen molar-refractivity contribution in [2.45, 2.75) is 44.7 Å². The zero-order chi connectivity index (χ0) is 16.9. The zero-order valence-electron chi connectivity index (χ0n) is 14.8. The van der Waals surface area contributed by atoms with Gasteiger partial charge in [0.25, 0.3) is 0 Å². The molecular weight excluding hydrogens is 302 g/mol. The summed E-state index contributed by atoms with van der Waals surface area (Å²) in [6.45, 7) is 4.75. The average Bonchev–Trinajstić information content (AvgIpc) is 3.30. The maximum Gasteiger partial charge on any atom is 0.226 e. The molecule has 0 unspecified atom stereocenters. The average molecular weight is 333 g/mol. The number of likely N-dealkylation sites (tertiary alicyclic amines) is 1. The van der Waals surface area contributed by atoms with Gasteiger partial charge in [0.15, 0.2) is 0 Å². The van der Waals surface area contributed by atoms with E-state index in [1.54, 1.807) is 0 Å². The van der Waals surface area contributed by atoms with Crippen molar-refractivity contribution in [3.63, 3.8) is 0 Å². The molecule has 2 N–H and O–H groups in total. The highest BCUT2D eigenvalue weighted by Gasteiger charge is 2.36. The molecule has 1 saturated heterocycles. The molecular formula is C18H31N5O. The number of hydrogen-bond acceptors (Lipinski definition) is 4. The van der Waals surface area contributed by atoms with Gasteiger partial charge in [-0.1, -0.05) is 6.42 Å². The van der Waals surface area contributed by atoms with E-state index in [4.69, 9.17) is 5.73 Å². The summed E-state index contributed by atoms with van der Waals surface area (Å²) in [4.78, 5) is 17.3. The quantitative estimate of drug-likeness (QED) is 0.849. The normalized spacial score (nSPS) is 25.9. The molecule has 1 aromatic heterocycles. The van der Waals surface area contributed by atoms with Crippen LogP contribution in [0, 0.1) is 11.8 Å². The number of hydrogen-bond donors (Lipinski definition) is 1. The van der Waals surface area contributed by atoms with E-state index in [-0.39, 0.29) is 5.92 Å². The Labute approximate surface area is 145 Å². The number of amides is 1. The van der Waals surface area contributed by atoms with Crippen LogP contribution in [-0.2, 0) is 11.3 Å². The van der Waals surface area contributed by atoms with E-state index < -0.39 is 0 Å². The van der Waals surface area contributed by atoms with Gasteiger partial charge in [-0.25, -0.2) is 0 Å².